The van der Waals surface area contributed by atoms with E-state index in [2.05, 4.69) is 51.9 Å². The highest BCUT2D eigenvalue weighted by molar-refractivity contribution is 5.62. The first-order valence-corrected chi connectivity index (χ1v) is 11.6. The fourth-order valence-electron chi connectivity index (χ4n) is 4.16. The average Bonchev–Trinajstić information content (AvgIpc) is 2.71. The Kier molecular flexibility index (Phi) is 9.80. The number of aromatic nitrogens is 2. The molecule has 0 aliphatic carbocycles. The van der Waals surface area contributed by atoms with Crippen LogP contribution in [0.25, 0.3) is 11.4 Å². The van der Waals surface area contributed by atoms with Gasteiger partial charge < -0.3 is 5.11 Å². The van der Waals surface area contributed by atoms with E-state index in [-0.39, 0.29) is 6.10 Å². The lowest BCUT2D eigenvalue weighted by molar-refractivity contribution is 0.147. The number of rotatable bonds is 12. The van der Waals surface area contributed by atoms with Crippen molar-refractivity contribution in [1.29, 1.82) is 0 Å². The van der Waals surface area contributed by atoms with Crippen molar-refractivity contribution >= 4 is 0 Å². The normalized spacial score (nSPS) is 12.7. The third kappa shape index (κ3) is 6.92. The van der Waals surface area contributed by atoms with Crippen molar-refractivity contribution in [2.75, 3.05) is 0 Å². The van der Waals surface area contributed by atoms with Crippen molar-refractivity contribution in [3.8, 4) is 11.4 Å². The summed E-state index contributed by atoms with van der Waals surface area (Å²) in [6, 6.07) is 6.04. The number of pyridine rings is 2. The van der Waals surface area contributed by atoms with E-state index in [4.69, 9.17) is 4.98 Å². The SMILES string of the molecule is CCCCCC(O)CCCCc1c(-c2ccccn2)ncc(C(C)C)c1C(C)C. The molecule has 2 rings (SSSR count). The molecule has 0 saturated heterocycles. The number of hydrogen-bond acceptors (Lipinski definition) is 3. The Bertz CT molecular complexity index is 725. The molecular weight excluding hydrogens is 356 g/mol. The van der Waals surface area contributed by atoms with Crippen LogP contribution in [0.5, 0.6) is 0 Å². The van der Waals surface area contributed by atoms with E-state index >= 15 is 0 Å². The minimum Gasteiger partial charge on any atom is -0.393 e. The number of aliphatic hydroxyl groups is 1. The molecule has 2 aromatic rings. The number of aliphatic hydroxyl groups excluding tert-OH is 1. The zero-order valence-electron chi connectivity index (χ0n) is 19.1. The summed E-state index contributed by atoms with van der Waals surface area (Å²) in [6.07, 6.45) is 12.3. The van der Waals surface area contributed by atoms with E-state index in [0.29, 0.717) is 11.8 Å². The van der Waals surface area contributed by atoms with Crippen molar-refractivity contribution in [3.05, 3.63) is 47.3 Å². The van der Waals surface area contributed by atoms with Crippen molar-refractivity contribution < 1.29 is 5.11 Å². The first-order valence-electron chi connectivity index (χ1n) is 11.6. The molecule has 0 aliphatic heterocycles. The van der Waals surface area contributed by atoms with Crippen LogP contribution in [0.4, 0.5) is 0 Å². The summed E-state index contributed by atoms with van der Waals surface area (Å²) in [5, 5.41) is 10.2. The monoisotopic (exact) mass is 396 g/mol. The van der Waals surface area contributed by atoms with E-state index in [0.717, 1.165) is 49.9 Å². The molecule has 0 bridgehead atoms. The number of nitrogens with zero attached hydrogens (tertiary/aromatic N) is 2. The Labute approximate surface area is 178 Å². The molecule has 2 aromatic heterocycles. The summed E-state index contributed by atoms with van der Waals surface area (Å²) in [6.45, 7) is 11.3. The van der Waals surface area contributed by atoms with Gasteiger partial charge in [0.1, 0.15) is 0 Å². The Morgan fingerprint density at radius 1 is 0.897 bits per heavy atom. The quantitative estimate of drug-likeness (QED) is 0.391. The van der Waals surface area contributed by atoms with Crippen molar-refractivity contribution in [1.82, 2.24) is 9.97 Å². The third-order valence-corrected chi connectivity index (χ3v) is 5.72. The third-order valence-electron chi connectivity index (χ3n) is 5.72. The molecular formula is C26H40N2O. The highest BCUT2D eigenvalue weighted by Gasteiger charge is 2.20. The first-order chi connectivity index (χ1) is 14.0. The van der Waals surface area contributed by atoms with Gasteiger partial charge in [-0.25, -0.2) is 0 Å². The molecule has 160 valence electrons. The second-order valence-corrected chi connectivity index (χ2v) is 8.87. The molecule has 0 amide bonds. The minimum atomic E-state index is -0.151. The molecule has 0 fully saturated rings. The van der Waals surface area contributed by atoms with Crippen LogP contribution in [0.15, 0.2) is 30.6 Å². The van der Waals surface area contributed by atoms with Gasteiger partial charge in [0.15, 0.2) is 0 Å². The Morgan fingerprint density at radius 2 is 1.62 bits per heavy atom. The summed E-state index contributed by atoms with van der Waals surface area (Å²) in [5.74, 6) is 0.907. The van der Waals surface area contributed by atoms with Gasteiger partial charge in [0.05, 0.1) is 17.5 Å². The van der Waals surface area contributed by atoms with Gasteiger partial charge in [-0.15, -0.1) is 0 Å². The second-order valence-electron chi connectivity index (χ2n) is 8.87. The lowest BCUT2D eigenvalue weighted by Crippen LogP contribution is -2.10. The van der Waals surface area contributed by atoms with Crippen LogP contribution in [0.2, 0.25) is 0 Å². The summed E-state index contributed by atoms with van der Waals surface area (Å²) in [7, 11) is 0. The minimum absolute atomic E-state index is 0.151. The van der Waals surface area contributed by atoms with E-state index in [1.165, 1.54) is 29.5 Å². The molecule has 1 unspecified atom stereocenters. The Morgan fingerprint density at radius 3 is 2.21 bits per heavy atom. The fourth-order valence-corrected chi connectivity index (χ4v) is 4.16. The van der Waals surface area contributed by atoms with Gasteiger partial charge in [0, 0.05) is 12.4 Å². The number of unbranched alkanes of at least 4 members (excludes halogenated alkanes) is 3. The van der Waals surface area contributed by atoms with Crippen molar-refractivity contribution in [2.45, 2.75) is 104 Å². The first kappa shape index (κ1) is 23.5. The van der Waals surface area contributed by atoms with E-state index < -0.39 is 0 Å². The van der Waals surface area contributed by atoms with Gasteiger partial charge in [-0.05, 0) is 66.3 Å². The molecule has 3 nitrogen and oxygen atoms in total. The predicted molar refractivity (Wildman–Crippen MR) is 123 cm³/mol. The molecule has 2 heterocycles. The Hall–Kier alpha value is -1.74. The highest BCUT2D eigenvalue weighted by atomic mass is 16.3. The molecule has 0 saturated carbocycles. The number of hydrogen-bond donors (Lipinski definition) is 1. The lowest BCUT2D eigenvalue weighted by Gasteiger charge is -2.22. The molecule has 0 aliphatic rings. The van der Waals surface area contributed by atoms with Crippen LogP contribution >= 0.6 is 0 Å². The van der Waals surface area contributed by atoms with Gasteiger partial charge in [-0.2, -0.15) is 0 Å². The van der Waals surface area contributed by atoms with Crippen LogP contribution in [-0.4, -0.2) is 21.2 Å². The summed E-state index contributed by atoms with van der Waals surface area (Å²) in [4.78, 5) is 9.45. The topological polar surface area (TPSA) is 46.0 Å². The average molecular weight is 397 g/mol. The van der Waals surface area contributed by atoms with Gasteiger partial charge in [0.25, 0.3) is 0 Å². The zero-order valence-corrected chi connectivity index (χ0v) is 19.1. The standard InChI is InChI=1S/C26H40N2O/c1-6-7-8-13-21(29)14-9-10-15-22-25(20(4)5)23(19(2)3)18-28-26(22)24-16-11-12-17-27-24/h11-12,16-21,29H,6-10,13-15H2,1-5H3. The maximum Gasteiger partial charge on any atom is 0.0921 e. The maximum absolute atomic E-state index is 10.2. The van der Waals surface area contributed by atoms with Crippen LogP contribution in [0.1, 0.15) is 108 Å². The molecule has 1 N–H and O–H groups in total. The smallest absolute Gasteiger partial charge is 0.0921 e. The van der Waals surface area contributed by atoms with Gasteiger partial charge >= 0.3 is 0 Å². The summed E-state index contributed by atoms with van der Waals surface area (Å²) < 4.78 is 0. The van der Waals surface area contributed by atoms with Crippen molar-refractivity contribution in [3.63, 3.8) is 0 Å². The lowest BCUT2D eigenvalue weighted by atomic mass is 9.85. The molecule has 0 radical (unpaired) electrons. The molecule has 0 spiro atoms. The van der Waals surface area contributed by atoms with E-state index in [1.54, 1.807) is 0 Å². The molecule has 1 atom stereocenters. The van der Waals surface area contributed by atoms with Gasteiger partial charge in [0.2, 0.25) is 0 Å². The predicted octanol–water partition coefficient (Wildman–Crippen LogP) is 7.04. The zero-order chi connectivity index (χ0) is 21.2. The van der Waals surface area contributed by atoms with Gasteiger partial charge in [-0.3, -0.25) is 9.97 Å². The van der Waals surface area contributed by atoms with Crippen LogP contribution < -0.4 is 0 Å². The van der Waals surface area contributed by atoms with Crippen LogP contribution in [0.3, 0.4) is 0 Å². The van der Waals surface area contributed by atoms with E-state index in [9.17, 15) is 5.11 Å². The summed E-state index contributed by atoms with van der Waals surface area (Å²) >= 11 is 0. The molecule has 0 aromatic carbocycles. The van der Waals surface area contributed by atoms with Crippen LogP contribution in [0, 0.1) is 0 Å². The fraction of sp³-hybridized carbons (Fsp3) is 0.615. The van der Waals surface area contributed by atoms with Crippen molar-refractivity contribution in [2.24, 2.45) is 0 Å². The second kappa shape index (κ2) is 12.1. The molecule has 3 heteroatoms. The van der Waals surface area contributed by atoms with Crippen LogP contribution in [-0.2, 0) is 6.42 Å². The summed E-state index contributed by atoms with van der Waals surface area (Å²) in [5.41, 5.74) is 6.14. The largest absolute Gasteiger partial charge is 0.393 e. The highest BCUT2D eigenvalue weighted by Crippen LogP contribution is 2.34. The molecule has 29 heavy (non-hydrogen) atoms. The Balaban J connectivity index is 2.20. The maximum atomic E-state index is 10.2. The van der Waals surface area contributed by atoms with E-state index in [1.807, 2.05) is 18.3 Å². The van der Waals surface area contributed by atoms with Gasteiger partial charge in [-0.1, -0.05) is 66.4 Å².